The van der Waals surface area contributed by atoms with E-state index in [4.69, 9.17) is 23.1 Å². The predicted octanol–water partition coefficient (Wildman–Crippen LogP) is 1.63. The molecule has 1 fully saturated rings. The molecule has 1 aliphatic carbocycles. The minimum Gasteiger partial charge on any atom is -0.402 e. The molecular formula is C18H23ClN8O. The van der Waals surface area contributed by atoms with Gasteiger partial charge < -0.3 is 21.9 Å². The highest BCUT2D eigenvalue weighted by Crippen LogP contribution is 2.28. The van der Waals surface area contributed by atoms with Gasteiger partial charge in [0.05, 0.1) is 11.8 Å². The highest BCUT2D eigenvalue weighted by molar-refractivity contribution is 6.34. The fourth-order valence-electron chi connectivity index (χ4n) is 3.00. The van der Waals surface area contributed by atoms with Crippen LogP contribution in [-0.2, 0) is 0 Å². The molecule has 148 valence electrons. The highest BCUT2D eigenvalue weighted by Gasteiger charge is 2.26. The summed E-state index contributed by atoms with van der Waals surface area (Å²) in [6, 6.07) is 2.05. The molecule has 0 aromatic carbocycles. The Morgan fingerprint density at radius 3 is 2.96 bits per heavy atom. The number of aryl methyl sites for hydroxylation is 1. The first-order chi connectivity index (χ1) is 13.4. The maximum Gasteiger partial charge on any atom is 0.178 e. The van der Waals surface area contributed by atoms with Crippen molar-refractivity contribution < 1.29 is 5.11 Å². The van der Waals surface area contributed by atoms with Crippen LogP contribution in [0.2, 0.25) is 5.02 Å². The summed E-state index contributed by atoms with van der Waals surface area (Å²) in [6.45, 7) is 2.92. The van der Waals surface area contributed by atoms with Crippen molar-refractivity contribution in [3.8, 4) is 6.07 Å². The highest BCUT2D eigenvalue weighted by atomic mass is 35.5. The van der Waals surface area contributed by atoms with E-state index in [-0.39, 0.29) is 17.5 Å². The largest absolute Gasteiger partial charge is 0.402 e. The van der Waals surface area contributed by atoms with E-state index in [0.29, 0.717) is 53.3 Å². The van der Waals surface area contributed by atoms with Gasteiger partial charge in [-0.2, -0.15) is 14.9 Å². The number of aliphatic imine (C=N–C) groups is 1. The van der Waals surface area contributed by atoms with Gasteiger partial charge in [0.15, 0.2) is 5.65 Å². The average Bonchev–Trinajstić information content (AvgIpc) is 2.92. The quantitative estimate of drug-likeness (QED) is 0.513. The Balaban J connectivity index is 1.60. The number of halogens is 1. The molecule has 0 unspecified atom stereocenters. The van der Waals surface area contributed by atoms with Crippen LogP contribution in [0, 0.1) is 24.2 Å². The molecule has 0 radical (unpaired) electrons. The third-order valence-electron chi connectivity index (χ3n) is 4.69. The lowest BCUT2D eigenvalue weighted by molar-refractivity contribution is 0.0472. The van der Waals surface area contributed by atoms with Gasteiger partial charge in [-0.15, -0.1) is 0 Å². The number of nitriles is 1. The van der Waals surface area contributed by atoms with Crippen molar-refractivity contribution in [3.05, 3.63) is 28.1 Å². The molecule has 2 aromatic rings. The Labute approximate surface area is 167 Å². The molecule has 0 bridgehead atoms. The SMILES string of the molecule is Cc1nn2c(N)c(C#N)c(NCCC(N)=CC=NCC3CC(O)C3)nc2c1Cl. The Morgan fingerprint density at radius 2 is 2.29 bits per heavy atom. The number of nitrogens with two attached hydrogens (primary N) is 2. The second-order valence-electron chi connectivity index (χ2n) is 6.89. The lowest BCUT2D eigenvalue weighted by atomic mass is 9.83. The number of fused-ring (bicyclic) bond motifs is 1. The molecule has 1 aliphatic rings. The van der Waals surface area contributed by atoms with Crippen molar-refractivity contribution >= 4 is 35.1 Å². The molecule has 10 heteroatoms. The first-order valence-corrected chi connectivity index (χ1v) is 9.39. The van der Waals surface area contributed by atoms with Gasteiger partial charge >= 0.3 is 0 Å². The Kier molecular flexibility index (Phi) is 6.02. The molecule has 0 aliphatic heterocycles. The Bertz CT molecular complexity index is 968. The van der Waals surface area contributed by atoms with E-state index in [2.05, 4.69) is 26.5 Å². The van der Waals surface area contributed by atoms with Crippen LogP contribution >= 0.6 is 11.6 Å². The normalized spacial score (nSPS) is 19.7. The topological polar surface area (TPSA) is 151 Å². The average molecular weight is 403 g/mol. The van der Waals surface area contributed by atoms with Crippen LogP contribution in [0.25, 0.3) is 5.65 Å². The van der Waals surface area contributed by atoms with Gasteiger partial charge in [-0.25, -0.2) is 4.98 Å². The summed E-state index contributed by atoms with van der Waals surface area (Å²) in [5.74, 6) is 0.999. The number of nitrogen functional groups attached to an aromatic ring is 1. The maximum atomic E-state index is 9.42. The van der Waals surface area contributed by atoms with E-state index < -0.39 is 0 Å². The third kappa shape index (κ3) is 4.18. The standard InChI is InChI=1S/C18H23ClN8O/c1-10-15(19)18-25-17(14(8-20)16(22)27(18)26-10)24-5-3-12(21)2-4-23-9-11-6-13(28)7-11/h2,4,11,13,28H,3,5-7,9,21-22H2,1H3,(H,24,25). The van der Waals surface area contributed by atoms with Gasteiger partial charge in [0, 0.05) is 31.4 Å². The zero-order chi connectivity index (χ0) is 20.3. The summed E-state index contributed by atoms with van der Waals surface area (Å²) in [5.41, 5.74) is 13.9. The minimum atomic E-state index is -0.159. The number of aliphatic hydroxyl groups excluding tert-OH is 1. The number of anilines is 2. The first-order valence-electron chi connectivity index (χ1n) is 9.01. The molecule has 2 heterocycles. The first kappa shape index (κ1) is 19.9. The fourth-order valence-corrected chi connectivity index (χ4v) is 3.16. The van der Waals surface area contributed by atoms with Gasteiger partial charge in [-0.05, 0) is 31.8 Å². The summed E-state index contributed by atoms with van der Waals surface area (Å²) in [7, 11) is 0. The summed E-state index contributed by atoms with van der Waals surface area (Å²) in [5, 5.41) is 26.4. The van der Waals surface area contributed by atoms with Gasteiger partial charge in [-0.1, -0.05) is 11.6 Å². The Hall–Kier alpha value is -2.83. The molecule has 28 heavy (non-hydrogen) atoms. The van der Waals surface area contributed by atoms with E-state index in [9.17, 15) is 10.4 Å². The monoisotopic (exact) mass is 402 g/mol. The smallest absolute Gasteiger partial charge is 0.178 e. The number of hydrogen-bond acceptors (Lipinski definition) is 8. The number of hydrogen-bond donors (Lipinski definition) is 4. The fraction of sp³-hybridized carbons (Fsp3) is 0.444. The van der Waals surface area contributed by atoms with Crippen molar-refractivity contribution in [3.63, 3.8) is 0 Å². The van der Waals surface area contributed by atoms with Crippen molar-refractivity contribution in [2.24, 2.45) is 16.6 Å². The van der Waals surface area contributed by atoms with Crippen molar-refractivity contribution in [1.29, 1.82) is 5.26 Å². The van der Waals surface area contributed by atoms with Crippen LogP contribution < -0.4 is 16.8 Å². The summed E-state index contributed by atoms with van der Waals surface area (Å²) in [4.78, 5) is 8.70. The molecule has 0 spiro atoms. The summed E-state index contributed by atoms with van der Waals surface area (Å²) < 4.78 is 1.37. The van der Waals surface area contributed by atoms with Crippen LogP contribution in [0.3, 0.4) is 0 Å². The molecule has 6 N–H and O–H groups in total. The predicted molar refractivity (Wildman–Crippen MR) is 109 cm³/mol. The number of allylic oxidation sites excluding steroid dienone is 1. The van der Waals surface area contributed by atoms with E-state index in [1.807, 2.05) is 0 Å². The van der Waals surface area contributed by atoms with E-state index >= 15 is 0 Å². The van der Waals surface area contributed by atoms with Crippen LogP contribution in [0.5, 0.6) is 0 Å². The van der Waals surface area contributed by atoms with Crippen molar-refractivity contribution in [1.82, 2.24) is 14.6 Å². The number of nitrogens with one attached hydrogen (secondary N) is 1. The number of aliphatic hydroxyl groups is 1. The van der Waals surface area contributed by atoms with E-state index in [1.54, 1.807) is 19.2 Å². The molecule has 0 saturated heterocycles. The molecule has 1 saturated carbocycles. The van der Waals surface area contributed by atoms with E-state index in [1.165, 1.54) is 4.52 Å². The van der Waals surface area contributed by atoms with Crippen LogP contribution in [0.15, 0.2) is 16.8 Å². The summed E-state index contributed by atoms with van der Waals surface area (Å²) >= 11 is 6.21. The lowest BCUT2D eigenvalue weighted by Gasteiger charge is -2.29. The molecule has 0 atom stereocenters. The number of nitrogens with zero attached hydrogens (tertiary/aromatic N) is 5. The van der Waals surface area contributed by atoms with Crippen LogP contribution in [0.4, 0.5) is 11.6 Å². The van der Waals surface area contributed by atoms with Crippen molar-refractivity contribution in [2.45, 2.75) is 32.3 Å². The molecule has 0 amide bonds. The van der Waals surface area contributed by atoms with Crippen LogP contribution in [-0.4, -0.2) is 45.1 Å². The van der Waals surface area contributed by atoms with Gasteiger partial charge in [0.1, 0.15) is 28.3 Å². The molecular weight excluding hydrogens is 380 g/mol. The lowest BCUT2D eigenvalue weighted by Crippen LogP contribution is -2.30. The molecule has 2 aromatic heterocycles. The number of aromatic nitrogens is 3. The van der Waals surface area contributed by atoms with Gasteiger partial charge in [0.25, 0.3) is 0 Å². The van der Waals surface area contributed by atoms with E-state index in [0.717, 1.165) is 12.8 Å². The van der Waals surface area contributed by atoms with Gasteiger partial charge in [-0.3, -0.25) is 4.99 Å². The molecule has 9 nitrogen and oxygen atoms in total. The second-order valence-corrected chi connectivity index (χ2v) is 7.27. The Morgan fingerprint density at radius 1 is 1.54 bits per heavy atom. The maximum absolute atomic E-state index is 9.42. The summed E-state index contributed by atoms with van der Waals surface area (Å²) in [6.07, 6.45) is 5.47. The number of rotatable bonds is 7. The van der Waals surface area contributed by atoms with Gasteiger partial charge in [0.2, 0.25) is 0 Å². The zero-order valence-corrected chi connectivity index (χ0v) is 16.3. The van der Waals surface area contributed by atoms with Crippen molar-refractivity contribution in [2.75, 3.05) is 24.1 Å². The molecule has 3 rings (SSSR count). The third-order valence-corrected chi connectivity index (χ3v) is 5.13. The minimum absolute atomic E-state index is 0.159. The second kappa shape index (κ2) is 8.46. The van der Waals surface area contributed by atoms with Crippen LogP contribution in [0.1, 0.15) is 30.5 Å². The zero-order valence-electron chi connectivity index (χ0n) is 15.6.